The summed E-state index contributed by atoms with van der Waals surface area (Å²) >= 11 is 0. The molecule has 5 amide bonds. The lowest BCUT2D eigenvalue weighted by Gasteiger charge is -2.24. The summed E-state index contributed by atoms with van der Waals surface area (Å²) in [5.41, 5.74) is 16.7. The third-order valence-electron chi connectivity index (χ3n) is 6.06. The number of aromatic hydroxyl groups is 1. The fourth-order valence-corrected chi connectivity index (χ4v) is 3.73. The highest BCUT2D eigenvalue weighted by molar-refractivity contribution is 5.96. The van der Waals surface area contributed by atoms with Gasteiger partial charge >= 0.3 is 11.9 Å². The Balaban J connectivity index is 2.99. The number of phenolic OH excluding ortho intramolecular Hbond substituents is 1. The van der Waals surface area contributed by atoms with Crippen LogP contribution in [0.2, 0.25) is 0 Å². The van der Waals surface area contributed by atoms with E-state index in [1.54, 1.807) is 0 Å². The molecule has 0 fully saturated rings. The van der Waals surface area contributed by atoms with Gasteiger partial charge in [0.25, 0.3) is 0 Å². The smallest absolute Gasteiger partial charge is 0.326 e. The van der Waals surface area contributed by atoms with Gasteiger partial charge < -0.3 is 53.8 Å². The third-order valence-corrected chi connectivity index (χ3v) is 6.06. The number of hydrogen-bond acceptors (Lipinski definition) is 10. The van der Waals surface area contributed by atoms with Crippen molar-refractivity contribution in [3.63, 3.8) is 0 Å². The Morgan fingerprint density at radius 3 is 1.98 bits per heavy atom. The number of rotatable bonds is 20. The summed E-state index contributed by atoms with van der Waals surface area (Å²) < 4.78 is 0. The fraction of sp³-hybridized carbons (Fsp3) is 0.500. The van der Waals surface area contributed by atoms with Gasteiger partial charge in [-0.3, -0.25) is 28.8 Å². The van der Waals surface area contributed by atoms with E-state index in [0.717, 1.165) is 0 Å². The standard InChI is InChI=1S/C26H39N7O10/c27-10-2-1-3-17(26(42)43)31-21(36)13-30-24(40)19(12-22(37)38)33-25(41)18(11-14-4-6-15(34)7-5-14)32-23(39)16(28)8-9-20(29)35/h4-7,16-19,34H,1-3,8-13,27-28H2,(H2,29,35)(H,30,40)(H,31,36)(H,32,39)(H,33,41)(H,37,38)(H,42,43). The normalized spacial score (nSPS) is 13.4. The van der Waals surface area contributed by atoms with E-state index in [4.69, 9.17) is 17.2 Å². The number of phenols is 1. The molecule has 0 heterocycles. The van der Waals surface area contributed by atoms with Gasteiger partial charge in [0.2, 0.25) is 29.5 Å². The Morgan fingerprint density at radius 1 is 0.791 bits per heavy atom. The van der Waals surface area contributed by atoms with Crippen molar-refractivity contribution in [2.45, 2.75) is 69.1 Å². The number of carboxylic acid groups (broad SMARTS) is 2. The first-order chi connectivity index (χ1) is 20.2. The van der Waals surface area contributed by atoms with Gasteiger partial charge in [-0.2, -0.15) is 0 Å². The highest BCUT2D eigenvalue weighted by Gasteiger charge is 2.30. The van der Waals surface area contributed by atoms with Gasteiger partial charge in [0.05, 0.1) is 19.0 Å². The number of primary amides is 1. The summed E-state index contributed by atoms with van der Waals surface area (Å²) in [5, 5.41) is 37.2. The van der Waals surface area contributed by atoms with Crippen molar-refractivity contribution in [1.82, 2.24) is 21.3 Å². The molecule has 0 aliphatic heterocycles. The minimum atomic E-state index is -1.69. The van der Waals surface area contributed by atoms with Crippen molar-refractivity contribution < 1.29 is 48.9 Å². The second-order valence-electron chi connectivity index (χ2n) is 9.66. The molecule has 13 N–H and O–H groups in total. The van der Waals surface area contributed by atoms with Crippen LogP contribution >= 0.6 is 0 Å². The first-order valence-corrected chi connectivity index (χ1v) is 13.4. The van der Waals surface area contributed by atoms with Crippen LogP contribution in [0.15, 0.2) is 24.3 Å². The molecule has 238 valence electrons. The lowest BCUT2D eigenvalue weighted by molar-refractivity contribution is -0.142. The van der Waals surface area contributed by atoms with Crippen molar-refractivity contribution in [2.75, 3.05) is 13.1 Å². The molecule has 1 aromatic carbocycles. The zero-order valence-corrected chi connectivity index (χ0v) is 23.4. The molecule has 17 nitrogen and oxygen atoms in total. The van der Waals surface area contributed by atoms with Crippen molar-refractivity contribution >= 4 is 41.5 Å². The lowest BCUT2D eigenvalue weighted by Crippen LogP contribution is -2.57. The maximum atomic E-state index is 13.2. The number of amides is 5. The molecule has 4 atom stereocenters. The number of carbonyl (C=O) groups excluding carboxylic acids is 5. The quantitative estimate of drug-likeness (QED) is 0.0653. The zero-order valence-electron chi connectivity index (χ0n) is 23.4. The van der Waals surface area contributed by atoms with Gasteiger partial charge in [-0.1, -0.05) is 12.1 Å². The molecule has 0 bridgehead atoms. The predicted octanol–water partition coefficient (Wildman–Crippen LogP) is -3.21. The molecule has 0 radical (unpaired) electrons. The van der Waals surface area contributed by atoms with Crippen LogP contribution in [-0.4, -0.2) is 94.1 Å². The second-order valence-corrected chi connectivity index (χ2v) is 9.66. The average Bonchev–Trinajstić information content (AvgIpc) is 2.94. The van der Waals surface area contributed by atoms with E-state index in [2.05, 4.69) is 21.3 Å². The Hall–Kier alpha value is -4.77. The van der Waals surface area contributed by atoms with Crippen molar-refractivity contribution in [2.24, 2.45) is 17.2 Å². The Kier molecular flexibility index (Phi) is 15.7. The maximum Gasteiger partial charge on any atom is 0.326 e. The molecule has 0 aliphatic carbocycles. The molecule has 0 saturated carbocycles. The summed E-state index contributed by atoms with van der Waals surface area (Å²) in [4.78, 5) is 84.7. The number of aliphatic carboxylic acids is 2. The molecule has 0 aliphatic rings. The number of carboxylic acids is 2. The van der Waals surface area contributed by atoms with Gasteiger partial charge in [-0.25, -0.2) is 4.79 Å². The van der Waals surface area contributed by atoms with E-state index in [1.807, 2.05) is 0 Å². The lowest BCUT2D eigenvalue weighted by atomic mass is 10.0. The Morgan fingerprint density at radius 2 is 1.42 bits per heavy atom. The summed E-state index contributed by atoms with van der Waals surface area (Å²) in [6.45, 7) is -0.373. The van der Waals surface area contributed by atoms with Crippen LogP contribution in [0.1, 0.15) is 44.1 Å². The zero-order chi connectivity index (χ0) is 32.5. The number of carbonyl (C=O) groups is 7. The van der Waals surface area contributed by atoms with Crippen LogP contribution in [0, 0.1) is 0 Å². The predicted molar refractivity (Wildman–Crippen MR) is 150 cm³/mol. The van der Waals surface area contributed by atoms with Crippen molar-refractivity contribution in [1.29, 1.82) is 0 Å². The number of hydrogen-bond donors (Lipinski definition) is 10. The van der Waals surface area contributed by atoms with Crippen LogP contribution in [-0.2, 0) is 40.0 Å². The summed E-state index contributed by atoms with van der Waals surface area (Å²) in [6, 6.07) is 0.0834. The van der Waals surface area contributed by atoms with Crippen LogP contribution in [0.3, 0.4) is 0 Å². The highest BCUT2D eigenvalue weighted by Crippen LogP contribution is 2.12. The second kappa shape index (κ2) is 18.6. The number of nitrogens with one attached hydrogen (secondary N) is 4. The number of nitrogens with two attached hydrogens (primary N) is 3. The van der Waals surface area contributed by atoms with Gasteiger partial charge in [0.1, 0.15) is 23.9 Å². The summed E-state index contributed by atoms with van der Waals surface area (Å²) in [7, 11) is 0. The summed E-state index contributed by atoms with van der Waals surface area (Å²) in [6.07, 6.45) is -0.288. The first-order valence-electron chi connectivity index (χ1n) is 13.4. The molecule has 0 spiro atoms. The van der Waals surface area contributed by atoms with Gasteiger partial charge in [0, 0.05) is 12.8 Å². The monoisotopic (exact) mass is 609 g/mol. The maximum absolute atomic E-state index is 13.2. The first kappa shape index (κ1) is 36.3. The Labute approximate surface area is 246 Å². The largest absolute Gasteiger partial charge is 0.508 e. The fourth-order valence-electron chi connectivity index (χ4n) is 3.73. The van der Waals surface area contributed by atoms with E-state index in [-0.39, 0.29) is 31.4 Å². The van der Waals surface area contributed by atoms with Crippen molar-refractivity contribution in [3.8, 4) is 5.75 Å². The molecule has 0 aromatic heterocycles. The van der Waals surface area contributed by atoms with E-state index in [1.165, 1.54) is 24.3 Å². The summed E-state index contributed by atoms with van der Waals surface area (Å²) in [5.74, 6) is -7.23. The van der Waals surface area contributed by atoms with Crippen LogP contribution in [0.4, 0.5) is 0 Å². The van der Waals surface area contributed by atoms with Gasteiger partial charge in [0.15, 0.2) is 0 Å². The SMILES string of the molecule is NCCCCC(NC(=O)CNC(=O)C(CC(=O)O)NC(=O)C(Cc1ccc(O)cc1)NC(=O)C(N)CCC(N)=O)C(=O)O. The van der Waals surface area contributed by atoms with Gasteiger partial charge in [-0.05, 0) is 49.9 Å². The average molecular weight is 610 g/mol. The van der Waals surface area contributed by atoms with Crippen LogP contribution in [0.5, 0.6) is 5.75 Å². The molecule has 43 heavy (non-hydrogen) atoms. The van der Waals surface area contributed by atoms with Crippen LogP contribution < -0.4 is 38.5 Å². The van der Waals surface area contributed by atoms with E-state index < -0.39 is 78.6 Å². The topological polar surface area (TPSA) is 306 Å². The Bertz CT molecular complexity index is 1150. The third kappa shape index (κ3) is 14.6. The van der Waals surface area contributed by atoms with E-state index >= 15 is 0 Å². The van der Waals surface area contributed by atoms with Gasteiger partial charge in [-0.15, -0.1) is 0 Å². The minimum absolute atomic E-state index is 0.0604. The number of unbranched alkanes of at least 4 members (excludes halogenated alkanes) is 1. The van der Waals surface area contributed by atoms with Crippen LogP contribution in [0.25, 0.3) is 0 Å². The molecular formula is C26H39N7O10. The highest BCUT2D eigenvalue weighted by atomic mass is 16.4. The molecule has 1 aromatic rings. The minimum Gasteiger partial charge on any atom is -0.508 e. The molecule has 17 heteroatoms. The molecule has 4 unspecified atom stereocenters. The van der Waals surface area contributed by atoms with E-state index in [9.17, 15) is 48.9 Å². The molecular weight excluding hydrogens is 570 g/mol. The van der Waals surface area contributed by atoms with E-state index in [0.29, 0.717) is 24.9 Å². The van der Waals surface area contributed by atoms with Crippen molar-refractivity contribution in [3.05, 3.63) is 29.8 Å². The number of benzene rings is 1. The molecule has 0 saturated heterocycles. The molecule has 1 rings (SSSR count).